The molecule has 0 radical (unpaired) electrons. The summed E-state index contributed by atoms with van der Waals surface area (Å²) < 4.78 is 10.8. The second-order valence-electron chi connectivity index (χ2n) is 7.44. The lowest BCUT2D eigenvalue weighted by atomic mass is 9.46. The Bertz CT molecular complexity index is 873. The Balaban J connectivity index is 1.81. The van der Waals surface area contributed by atoms with E-state index in [0.29, 0.717) is 19.6 Å². The zero-order valence-electron chi connectivity index (χ0n) is 15.1. The number of rotatable bonds is 4. The molecule has 5 nitrogen and oxygen atoms in total. The van der Waals surface area contributed by atoms with E-state index < -0.39 is 5.54 Å². The lowest BCUT2D eigenvalue weighted by molar-refractivity contribution is -0.221. The molecule has 2 atom stereocenters. The number of amides is 1. The van der Waals surface area contributed by atoms with Gasteiger partial charge in [0, 0.05) is 18.3 Å². The number of carbonyl (C=O) groups excluding carboxylic acids is 2. The molecule has 1 N–H and O–H groups in total. The molecule has 1 aliphatic heterocycles. The van der Waals surface area contributed by atoms with Gasteiger partial charge in [0.15, 0.2) is 0 Å². The van der Waals surface area contributed by atoms with Gasteiger partial charge >= 0.3 is 5.97 Å². The summed E-state index contributed by atoms with van der Waals surface area (Å²) in [6, 6.07) is 14.4. The van der Waals surface area contributed by atoms with E-state index in [2.05, 4.69) is 35.6 Å². The normalized spacial score (nSPS) is 26.0. The van der Waals surface area contributed by atoms with Crippen molar-refractivity contribution < 1.29 is 19.1 Å². The third-order valence-electron chi connectivity index (χ3n) is 5.66. The van der Waals surface area contributed by atoms with Gasteiger partial charge < -0.3 is 14.8 Å². The van der Waals surface area contributed by atoms with E-state index in [9.17, 15) is 9.59 Å². The first-order valence-corrected chi connectivity index (χ1v) is 9.03. The monoisotopic (exact) mass is 353 g/mol. The van der Waals surface area contributed by atoms with Crippen LogP contribution in [0.5, 0.6) is 0 Å². The van der Waals surface area contributed by atoms with Crippen LogP contribution in [0.15, 0.2) is 42.5 Å². The van der Waals surface area contributed by atoms with Crippen LogP contribution >= 0.6 is 0 Å². The van der Waals surface area contributed by atoms with Crippen LogP contribution in [-0.4, -0.2) is 37.2 Å². The highest BCUT2D eigenvalue weighted by molar-refractivity contribution is 5.91. The van der Waals surface area contributed by atoms with E-state index in [-0.39, 0.29) is 29.8 Å². The van der Waals surface area contributed by atoms with Crippen molar-refractivity contribution in [2.45, 2.75) is 31.7 Å². The second kappa shape index (κ2) is 6.09. The lowest BCUT2D eigenvalue weighted by Gasteiger charge is -2.64. The van der Waals surface area contributed by atoms with Crippen molar-refractivity contribution in [3.8, 4) is 0 Å². The Morgan fingerprint density at radius 1 is 1.19 bits per heavy atom. The highest BCUT2D eigenvalue weighted by atomic mass is 16.5. The van der Waals surface area contributed by atoms with Gasteiger partial charge in [-0.1, -0.05) is 42.5 Å². The Kier molecular flexibility index (Phi) is 3.99. The third kappa shape index (κ3) is 2.42. The molecule has 1 aliphatic carbocycles. The summed E-state index contributed by atoms with van der Waals surface area (Å²) >= 11 is 0. The van der Waals surface area contributed by atoms with Gasteiger partial charge in [0.1, 0.15) is 5.54 Å². The maximum atomic E-state index is 12.9. The predicted octanol–water partition coefficient (Wildman–Crippen LogP) is 2.78. The van der Waals surface area contributed by atoms with Gasteiger partial charge in [0.2, 0.25) is 5.91 Å². The average molecular weight is 353 g/mol. The molecule has 2 unspecified atom stereocenters. The number of hydrogen-bond donors (Lipinski definition) is 1. The standard InChI is InChI=1S/C21H23NO4/c1-3-26-19(24)21(22-14(2)23)11-20(12-25-13-20)18(21)17-9-8-15-6-4-5-7-16(15)10-17/h4-10,18H,3,11-13H2,1-2H3,(H,22,23). The predicted molar refractivity (Wildman–Crippen MR) is 97.7 cm³/mol. The van der Waals surface area contributed by atoms with Crippen LogP contribution in [0.2, 0.25) is 0 Å². The van der Waals surface area contributed by atoms with E-state index in [1.165, 1.54) is 6.92 Å². The van der Waals surface area contributed by atoms with Gasteiger partial charge in [0.05, 0.1) is 19.8 Å². The molecule has 136 valence electrons. The van der Waals surface area contributed by atoms with Gasteiger partial charge in [0.25, 0.3) is 0 Å². The van der Waals surface area contributed by atoms with Crippen LogP contribution in [-0.2, 0) is 19.1 Å². The number of benzene rings is 2. The van der Waals surface area contributed by atoms with E-state index in [1.807, 2.05) is 12.1 Å². The molecule has 4 rings (SSSR count). The summed E-state index contributed by atoms with van der Waals surface area (Å²) in [5.74, 6) is -0.735. The zero-order chi connectivity index (χ0) is 18.4. The first kappa shape index (κ1) is 17.0. The first-order valence-electron chi connectivity index (χ1n) is 9.03. The minimum absolute atomic E-state index is 0.113. The summed E-state index contributed by atoms with van der Waals surface area (Å²) in [5.41, 5.74) is -0.0915. The van der Waals surface area contributed by atoms with Crippen molar-refractivity contribution in [1.82, 2.24) is 5.32 Å². The lowest BCUT2D eigenvalue weighted by Crippen LogP contribution is -2.76. The largest absolute Gasteiger partial charge is 0.464 e. The number of hydrogen-bond acceptors (Lipinski definition) is 4. The van der Waals surface area contributed by atoms with Gasteiger partial charge in [-0.05, 0) is 29.7 Å². The molecule has 1 saturated heterocycles. The van der Waals surface area contributed by atoms with Crippen molar-refractivity contribution in [3.05, 3.63) is 48.0 Å². The van der Waals surface area contributed by atoms with E-state index in [1.54, 1.807) is 6.92 Å². The molecule has 0 aromatic heterocycles. The Morgan fingerprint density at radius 2 is 1.92 bits per heavy atom. The Hall–Kier alpha value is -2.40. The number of carbonyl (C=O) groups is 2. The van der Waals surface area contributed by atoms with Crippen molar-refractivity contribution >= 4 is 22.6 Å². The molecule has 1 heterocycles. The van der Waals surface area contributed by atoms with Gasteiger partial charge in [-0.15, -0.1) is 0 Å². The minimum atomic E-state index is -1.02. The minimum Gasteiger partial charge on any atom is -0.464 e. The fourth-order valence-corrected chi connectivity index (χ4v) is 4.74. The van der Waals surface area contributed by atoms with E-state index >= 15 is 0 Å². The van der Waals surface area contributed by atoms with Crippen LogP contribution < -0.4 is 5.32 Å². The molecule has 1 amide bonds. The number of fused-ring (bicyclic) bond motifs is 1. The fraction of sp³-hybridized carbons (Fsp3) is 0.429. The quantitative estimate of drug-likeness (QED) is 0.859. The van der Waals surface area contributed by atoms with Gasteiger partial charge in [-0.3, -0.25) is 4.79 Å². The van der Waals surface area contributed by atoms with Crippen molar-refractivity contribution in [1.29, 1.82) is 0 Å². The van der Waals surface area contributed by atoms with Crippen LogP contribution in [0.3, 0.4) is 0 Å². The maximum Gasteiger partial charge on any atom is 0.332 e. The van der Waals surface area contributed by atoms with Crippen molar-refractivity contribution in [3.63, 3.8) is 0 Å². The molecular weight excluding hydrogens is 330 g/mol. The molecule has 2 aliphatic rings. The summed E-state index contributed by atoms with van der Waals surface area (Å²) in [6.07, 6.45) is 0.551. The van der Waals surface area contributed by atoms with Gasteiger partial charge in [-0.2, -0.15) is 0 Å². The van der Waals surface area contributed by atoms with Crippen LogP contribution in [0.1, 0.15) is 31.7 Å². The maximum absolute atomic E-state index is 12.9. The van der Waals surface area contributed by atoms with Gasteiger partial charge in [-0.25, -0.2) is 4.79 Å². The summed E-state index contributed by atoms with van der Waals surface area (Å²) in [4.78, 5) is 24.8. The second-order valence-corrected chi connectivity index (χ2v) is 7.44. The van der Waals surface area contributed by atoms with Crippen LogP contribution in [0.4, 0.5) is 0 Å². The first-order chi connectivity index (χ1) is 12.5. The van der Waals surface area contributed by atoms with E-state index in [4.69, 9.17) is 9.47 Å². The number of ether oxygens (including phenoxy) is 2. The molecule has 2 fully saturated rings. The highest BCUT2D eigenvalue weighted by Gasteiger charge is 2.71. The van der Waals surface area contributed by atoms with Crippen molar-refractivity contribution in [2.75, 3.05) is 19.8 Å². The summed E-state index contributed by atoms with van der Waals surface area (Å²) in [7, 11) is 0. The molecular formula is C21H23NO4. The summed E-state index contributed by atoms with van der Waals surface area (Å²) in [6.45, 7) is 4.72. The summed E-state index contributed by atoms with van der Waals surface area (Å²) in [5, 5.41) is 5.20. The molecule has 2 aromatic rings. The third-order valence-corrected chi connectivity index (χ3v) is 5.66. The van der Waals surface area contributed by atoms with Crippen molar-refractivity contribution in [2.24, 2.45) is 5.41 Å². The smallest absolute Gasteiger partial charge is 0.332 e. The molecule has 26 heavy (non-hydrogen) atoms. The fourth-order valence-electron chi connectivity index (χ4n) is 4.74. The molecule has 1 saturated carbocycles. The van der Waals surface area contributed by atoms with Crippen LogP contribution in [0.25, 0.3) is 10.8 Å². The average Bonchev–Trinajstić information content (AvgIpc) is 2.56. The molecule has 5 heteroatoms. The highest BCUT2D eigenvalue weighted by Crippen LogP contribution is 2.63. The SMILES string of the molecule is CCOC(=O)C1(NC(C)=O)CC2(COC2)C1c1ccc2ccccc2c1. The molecule has 0 bridgehead atoms. The zero-order valence-corrected chi connectivity index (χ0v) is 15.1. The number of esters is 1. The topological polar surface area (TPSA) is 64.6 Å². The van der Waals surface area contributed by atoms with Crippen LogP contribution in [0, 0.1) is 5.41 Å². The molecule has 2 aromatic carbocycles. The van der Waals surface area contributed by atoms with E-state index in [0.717, 1.165) is 16.3 Å². The Morgan fingerprint density at radius 3 is 2.54 bits per heavy atom. The number of nitrogens with one attached hydrogen (secondary N) is 1. The molecule has 1 spiro atoms. The Labute approximate surface area is 152 Å².